The van der Waals surface area contributed by atoms with Gasteiger partial charge in [0, 0.05) is 24.1 Å². The second-order valence-corrected chi connectivity index (χ2v) is 6.15. The standard InChI is InChI=1S/C21H19N3O2/c1-26-19-8-6-17(7-9-19)23-18-12-16(13-22-14-18)21(25)24-11-10-15-4-2-3-5-20(15)24/h2-9,12-14,23H,10-11H2,1H3. The first-order valence-electron chi connectivity index (χ1n) is 8.50. The maximum Gasteiger partial charge on any atom is 0.259 e. The Balaban J connectivity index is 1.55. The molecule has 0 spiro atoms. The summed E-state index contributed by atoms with van der Waals surface area (Å²) in [5.74, 6) is 0.770. The highest BCUT2D eigenvalue weighted by molar-refractivity contribution is 6.07. The van der Waals surface area contributed by atoms with Crippen LogP contribution >= 0.6 is 0 Å². The third kappa shape index (κ3) is 3.11. The molecule has 0 radical (unpaired) electrons. The first-order valence-corrected chi connectivity index (χ1v) is 8.50. The maximum absolute atomic E-state index is 12.9. The quantitative estimate of drug-likeness (QED) is 0.775. The number of rotatable bonds is 4. The van der Waals surface area contributed by atoms with Crippen molar-refractivity contribution in [1.82, 2.24) is 4.98 Å². The van der Waals surface area contributed by atoms with Crippen molar-refractivity contribution in [1.29, 1.82) is 0 Å². The summed E-state index contributed by atoms with van der Waals surface area (Å²) < 4.78 is 5.17. The molecule has 2 heterocycles. The third-order valence-corrected chi connectivity index (χ3v) is 4.50. The van der Waals surface area contributed by atoms with Crippen LogP contribution in [0.5, 0.6) is 5.75 Å². The SMILES string of the molecule is COc1ccc(Nc2cncc(C(=O)N3CCc4ccccc43)c2)cc1. The van der Waals surface area contributed by atoms with Crippen LogP contribution in [0.4, 0.5) is 17.1 Å². The summed E-state index contributed by atoms with van der Waals surface area (Å²) in [7, 11) is 1.64. The van der Waals surface area contributed by atoms with E-state index in [4.69, 9.17) is 4.74 Å². The molecule has 5 heteroatoms. The zero-order valence-electron chi connectivity index (χ0n) is 14.5. The maximum atomic E-state index is 12.9. The largest absolute Gasteiger partial charge is 0.497 e. The Morgan fingerprint density at radius 2 is 1.88 bits per heavy atom. The average molecular weight is 345 g/mol. The number of anilines is 3. The number of hydrogen-bond acceptors (Lipinski definition) is 4. The van der Waals surface area contributed by atoms with Crippen LogP contribution in [0, 0.1) is 0 Å². The van der Waals surface area contributed by atoms with Gasteiger partial charge in [0.1, 0.15) is 5.75 Å². The second-order valence-electron chi connectivity index (χ2n) is 6.15. The monoisotopic (exact) mass is 345 g/mol. The average Bonchev–Trinajstić information content (AvgIpc) is 3.12. The highest BCUT2D eigenvalue weighted by atomic mass is 16.5. The molecule has 26 heavy (non-hydrogen) atoms. The van der Waals surface area contributed by atoms with Crippen LogP contribution in [-0.2, 0) is 6.42 Å². The molecule has 1 amide bonds. The van der Waals surface area contributed by atoms with Crippen LogP contribution in [0.1, 0.15) is 15.9 Å². The van der Waals surface area contributed by atoms with E-state index in [-0.39, 0.29) is 5.91 Å². The van der Waals surface area contributed by atoms with Gasteiger partial charge in [-0.25, -0.2) is 0 Å². The molecule has 1 aromatic heterocycles. The summed E-state index contributed by atoms with van der Waals surface area (Å²) >= 11 is 0. The van der Waals surface area contributed by atoms with Gasteiger partial charge >= 0.3 is 0 Å². The number of benzene rings is 2. The van der Waals surface area contributed by atoms with E-state index in [9.17, 15) is 4.79 Å². The number of amides is 1. The van der Waals surface area contributed by atoms with Crippen LogP contribution in [0.25, 0.3) is 0 Å². The summed E-state index contributed by atoms with van der Waals surface area (Å²) in [6.45, 7) is 0.703. The summed E-state index contributed by atoms with van der Waals surface area (Å²) in [5.41, 5.74) is 4.45. The van der Waals surface area contributed by atoms with Gasteiger partial charge in [0.05, 0.1) is 24.6 Å². The summed E-state index contributed by atoms with van der Waals surface area (Å²) in [6.07, 6.45) is 4.21. The highest BCUT2D eigenvalue weighted by Crippen LogP contribution is 2.29. The number of hydrogen-bond donors (Lipinski definition) is 1. The Labute approximate surface area is 152 Å². The van der Waals surface area contributed by atoms with Crippen molar-refractivity contribution in [3.05, 3.63) is 78.1 Å². The summed E-state index contributed by atoms with van der Waals surface area (Å²) in [6, 6.07) is 17.5. The lowest BCUT2D eigenvalue weighted by molar-refractivity contribution is 0.0989. The molecule has 1 N–H and O–H groups in total. The molecule has 0 aliphatic carbocycles. The van der Waals surface area contributed by atoms with E-state index in [0.717, 1.165) is 29.2 Å². The van der Waals surface area contributed by atoms with Gasteiger partial charge in [0.2, 0.25) is 0 Å². The number of nitrogens with one attached hydrogen (secondary N) is 1. The van der Waals surface area contributed by atoms with E-state index in [0.29, 0.717) is 12.1 Å². The fourth-order valence-electron chi connectivity index (χ4n) is 3.17. The minimum absolute atomic E-state index is 0.0270. The van der Waals surface area contributed by atoms with Crippen molar-refractivity contribution in [2.24, 2.45) is 0 Å². The van der Waals surface area contributed by atoms with Crippen molar-refractivity contribution < 1.29 is 9.53 Å². The van der Waals surface area contributed by atoms with Crippen molar-refractivity contribution in [3.8, 4) is 5.75 Å². The molecule has 1 aliphatic rings. The van der Waals surface area contributed by atoms with E-state index in [1.165, 1.54) is 5.56 Å². The van der Waals surface area contributed by atoms with Gasteiger partial charge < -0.3 is 15.0 Å². The number of para-hydroxylation sites is 1. The third-order valence-electron chi connectivity index (χ3n) is 4.50. The van der Waals surface area contributed by atoms with Crippen LogP contribution in [0.15, 0.2) is 67.0 Å². The number of methoxy groups -OCH3 is 1. The number of fused-ring (bicyclic) bond motifs is 1. The molecule has 3 aromatic rings. The molecular weight excluding hydrogens is 326 g/mol. The Kier molecular flexibility index (Phi) is 4.27. The van der Waals surface area contributed by atoms with Crippen LogP contribution in [-0.4, -0.2) is 24.5 Å². The first kappa shape index (κ1) is 16.1. The van der Waals surface area contributed by atoms with Crippen molar-refractivity contribution in [3.63, 3.8) is 0 Å². The minimum Gasteiger partial charge on any atom is -0.497 e. The van der Waals surface area contributed by atoms with Gasteiger partial charge in [-0.15, -0.1) is 0 Å². The number of carbonyl (C=O) groups excluding carboxylic acids is 1. The Hall–Kier alpha value is -3.34. The van der Waals surface area contributed by atoms with Crippen molar-refractivity contribution in [2.75, 3.05) is 23.9 Å². The first-order chi connectivity index (χ1) is 12.7. The Morgan fingerprint density at radius 3 is 2.69 bits per heavy atom. The van der Waals surface area contributed by atoms with Gasteiger partial charge in [-0.05, 0) is 48.4 Å². The fourth-order valence-corrected chi connectivity index (χ4v) is 3.17. The number of carbonyl (C=O) groups is 1. The van der Waals surface area contributed by atoms with Gasteiger partial charge in [-0.2, -0.15) is 0 Å². The molecule has 0 atom stereocenters. The molecule has 4 rings (SSSR count). The molecule has 2 aromatic carbocycles. The molecular formula is C21H19N3O2. The summed E-state index contributed by atoms with van der Waals surface area (Å²) in [4.78, 5) is 19.0. The van der Waals surface area contributed by atoms with Gasteiger partial charge in [0.15, 0.2) is 0 Å². The fraction of sp³-hybridized carbons (Fsp3) is 0.143. The molecule has 1 aliphatic heterocycles. The summed E-state index contributed by atoms with van der Waals surface area (Å²) in [5, 5.41) is 3.27. The molecule has 0 saturated heterocycles. The van der Waals surface area contributed by atoms with Crippen LogP contribution in [0.3, 0.4) is 0 Å². The number of nitrogens with zero attached hydrogens (tertiary/aromatic N) is 2. The normalized spacial score (nSPS) is 12.6. The van der Waals surface area contributed by atoms with E-state index < -0.39 is 0 Å². The lowest BCUT2D eigenvalue weighted by atomic mass is 10.2. The predicted molar refractivity (Wildman–Crippen MR) is 102 cm³/mol. The van der Waals surface area contributed by atoms with E-state index in [1.54, 1.807) is 19.5 Å². The van der Waals surface area contributed by atoms with Crippen molar-refractivity contribution >= 4 is 23.0 Å². The molecule has 130 valence electrons. The minimum atomic E-state index is -0.0270. The van der Waals surface area contributed by atoms with E-state index >= 15 is 0 Å². The molecule has 0 fully saturated rings. The zero-order valence-corrected chi connectivity index (χ0v) is 14.5. The van der Waals surface area contributed by atoms with Gasteiger partial charge in [-0.3, -0.25) is 9.78 Å². The highest BCUT2D eigenvalue weighted by Gasteiger charge is 2.25. The second kappa shape index (κ2) is 6.88. The van der Waals surface area contributed by atoms with E-state index in [2.05, 4.69) is 16.4 Å². The number of ether oxygens (including phenoxy) is 1. The topological polar surface area (TPSA) is 54.5 Å². The lowest BCUT2D eigenvalue weighted by Gasteiger charge is -2.17. The van der Waals surface area contributed by atoms with Crippen LogP contribution < -0.4 is 15.0 Å². The molecule has 0 bridgehead atoms. The lowest BCUT2D eigenvalue weighted by Crippen LogP contribution is -2.29. The molecule has 0 saturated carbocycles. The number of pyridine rings is 1. The Bertz CT molecular complexity index is 938. The predicted octanol–water partition coefficient (Wildman–Crippen LogP) is 4.04. The zero-order chi connectivity index (χ0) is 17.9. The van der Waals surface area contributed by atoms with Crippen molar-refractivity contribution in [2.45, 2.75) is 6.42 Å². The number of aromatic nitrogens is 1. The van der Waals surface area contributed by atoms with Gasteiger partial charge in [-0.1, -0.05) is 18.2 Å². The smallest absolute Gasteiger partial charge is 0.259 e. The van der Waals surface area contributed by atoms with Crippen LogP contribution in [0.2, 0.25) is 0 Å². The molecule has 0 unspecified atom stereocenters. The Morgan fingerprint density at radius 1 is 1.08 bits per heavy atom. The van der Waals surface area contributed by atoms with Gasteiger partial charge in [0.25, 0.3) is 5.91 Å². The molecule has 5 nitrogen and oxygen atoms in total. The van der Waals surface area contributed by atoms with E-state index in [1.807, 2.05) is 53.4 Å².